The number of carbonyl (C=O) groups excluding carboxylic acids is 2. The van der Waals surface area contributed by atoms with E-state index in [1.807, 2.05) is 0 Å². The van der Waals surface area contributed by atoms with Crippen molar-refractivity contribution in [2.75, 3.05) is 30.8 Å². The first-order valence-electron chi connectivity index (χ1n) is 8.98. The number of urea groups is 1. The predicted octanol–water partition coefficient (Wildman–Crippen LogP) is 3.05. The Balaban J connectivity index is 0.00000210. The number of nitrogens with one attached hydrogen (secondary N) is 3. The minimum atomic E-state index is -0.279. The van der Waals surface area contributed by atoms with E-state index >= 15 is 0 Å². The first kappa shape index (κ1) is 24.8. The van der Waals surface area contributed by atoms with E-state index in [1.165, 1.54) is 6.26 Å². The van der Waals surface area contributed by atoms with Gasteiger partial charge in [0.2, 0.25) is 0 Å². The number of nitrogens with zero attached hydrogens (tertiary/aromatic N) is 1. The van der Waals surface area contributed by atoms with Crippen LogP contribution in [0.5, 0.6) is 0 Å². The molecule has 0 unspecified atom stereocenters. The van der Waals surface area contributed by atoms with Crippen molar-refractivity contribution >= 4 is 48.1 Å². The number of hydrogen-bond donors (Lipinski definition) is 4. The third-order valence-corrected chi connectivity index (χ3v) is 4.57. The summed E-state index contributed by atoms with van der Waals surface area (Å²) in [5, 5.41) is 8.59. The molecule has 2 heterocycles. The Morgan fingerprint density at radius 2 is 1.69 bits per heavy atom. The first-order valence-corrected chi connectivity index (χ1v) is 8.98. The summed E-state index contributed by atoms with van der Waals surface area (Å²) in [5.41, 5.74) is 7.16. The number of anilines is 2. The number of halogens is 2. The lowest BCUT2D eigenvalue weighted by molar-refractivity contribution is 0.102. The molecule has 29 heavy (non-hydrogen) atoms. The van der Waals surface area contributed by atoms with E-state index in [-0.39, 0.29) is 49.3 Å². The molecule has 160 valence electrons. The largest absolute Gasteiger partial charge is 0.467 e. The zero-order valence-corrected chi connectivity index (χ0v) is 17.8. The van der Waals surface area contributed by atoms with Gasteiger partial charge in [-0.25, -0.2) is 4.79 Å². The molecular weight excluding hydrogens is 417 g/mol. The molecule has 0 spiro atoms. The van der Waals surface area contributed by atoms with Crippen molar-refractivity contribution in [2.45, 2.75) is 25.4 Å². The van der Waals surface area contributed by atoms with Crippen molar-refractivity contribution in [2.24, 2.45) is 5.73 Å². The molecule has 2 aromatic rings. The number of likely N-dealkylation sites (tertiary alicyclic amines) is 1. The summed E-state index contributed by atoms with van der Waals surface area (Å²) in [4.78, 5) is 26.5. The number of furan rings is 1. The first-order chi connectivity index (χ1) is 13.0. The van der Waals surface area contributed by atoms with Crippen LogP contribution in [0.2, 0.25) is 0 Å². The molecule has 8 nitrogen and oxygen atoms in total. The highest BCUT2D eigenvalue weighted by Gasteiger charge is 2.18. The Bertz CT molecular complexity index is 789. The maximum Gasteiger partial charge on any atom is 0.319 e. The summed E-state index contributed by atoms with van der Waals surface area (Å²) in [6.07, 6.45) is 3.28. The van der Waals surface area contributed by atoms with Crippen molar-refractivity contribution in [3.8, 4) is 0 Å². The molecule has 1 aliphatic rings. The van der Waals surface area contributed by atoms with E-state index in [0.717, 1.165) is 25.9 Å². The second kappa shape index (κ2) is 11.7. The Hall–Kier alpha value is -2.26. The van der Waals surface area contributed by atoms with Crippen LogP contribution in [0.15, 0.2) is 41.0 Å². The molecule has 3 amide bonds. The molecule has 0 saturated carbocycles. The van der Waals surface area contributed by atoms with E-state index in [4.69, 9.17) is 10.2 Å². The van der Waals surface area contributed by atoms with Gasteiger partial charge < -0.3 is 31.0 Å². The zero-order valence-electron chi connectivity index (χ0n) is 16.1. The number of rotatable bonds is 5. The highest BCUT2D eigenvalue weighted by atomic mass is 35.5. The van der Waals surface area contributed by atoms with Gasteiger partial charge in [-0.3, -0.25) is 4.79 Å². The highest BCUT2D eigenvalue weighted by Crippen LogP contribution is 2.16. The van der Waals surface area contributed by atoms with Crippen LogP contribution in [0.4, 0.5) is 16.2 Å². The SMILES string of the molecule is CN1CCC(NC(=O)Nc2ccc(NC(=O)c3coc(CN)c3)cc2)CC1.Cl.Cl. The number of amides is 3. The number of nitrogens with two attached hydrogens (primary N) is 1. The third kappa shape index (κ3) is 7.25. The molecule has 0 radical (unpaired) electrons. The van der Waals surface area contributed by atoms with Crippen molar-refractivity contribution < 1.29 is 14.0 Å². The molecule has 1 saturated heterocycles. The Kier molecular flexibility index (Phi) is 9.97. The van der Waals surface area contributed by atoms with E-state index in [9.17, 15) is 9.59 Å². The van der Waals surface area contributed by atoms with E-state index in [2.05, 4.69) is 27.9 Å². The van der Waals surface area contributed by atoms with E-state index in [1.54, 1.807) is 30.3 Å². The minimum absolute atomic E-state index is 0. The Morgan fingerprint density at radius 1 is 1.10 bits per heavy atom. The van der Waals surface area contributed by atoms with Crippen LogP contribution in [0.3, 0.4) is 0 Å². The molecule has 1 aromatic heterocycles. The standard InChI is InChI=1S/C19H25N5O3.2ClH/c1-24-8-6-16(7-9-24)23-19(26)22-15-4-2-14(3-5-15)21-18(25)13-10-17(11-20)27-12-13;;/h2-5,10,12,16H,6-9,11,20H2,1H3,(H,21,25)(H2,22,23,26);2*1H. The maximum atomic E-state index is 12.2. The number of hydrogen-bond acceptors (Lipinski definition) is 5. The zero-order chi connectivity index (χ0) is 19.2. The van der Waals surface area contributed by atoms with Gasteiger partial charge in [0, 0.05) is 17.4 Å². The van der Waals surface area contributed by atoms with Crippen LogP contribution in [0, 0.1) is 0 Å². The second-order valence-electron chi connectivity index (χ2n) is 6.71. The summed E-state index contributed by atoms with van der Waals surface area (Å²) >= 11 is 0. The molecule has 1 aliphatic heterocycles. The van der Waals surface area contributed by atoms with Gasteiger partial charge in [0.1, 0.15) is 12.0 Å². The van der Waals surface area contributed by atoms with Gasteiger partial charge in [-0.2, -0.15) is 0 Å². The summed E-state index contributed by atoms with van der Waals surface area (Å²) in [7, 11) is 2.08. The smallest absolute Gasteiger partial charge is 0.319 e. The normalized spacial score (nSPS) is 14.3. The van der Waals surface area contributed by atoms with Crippen LogP contribution in [0.25, 0.3) is 0 Å². The average Bonchev–Trinajstić information content (AvgIpc) is 3.15. The van der Waals surface area contributed by atoms with Crippen molar-refractivity contribution in [1.82, 2.24) is 10.2 Å². The van der Waals surface area contributed by atoms with Gasteiger partial charge in [0.05, 0.1) is 12.1 Å². The molecule has 1 aromatic carbocycles. The van der Waals surface area contributed by atoms with Crippen molar-refractivity contribution in [3.63, 3.8) is 0 Å². The fraction of sp³-hybridized carbons (Fsp3) is 0.368. The van der Waals surface area contributed by atoms with Gasteiger partial charge in [0.15, 0.2) is 0 Å². The van der Waals surface area contributed by atoms with E-state index in [0.29, 0.717) is 22.7 Å². The fourth-order valence-corrected chi connectivity index (χ4v) is 2.95. The lowest BCUT2D eigenvalue weighted by atomic mass is 10.1. The second-order valence-corrected chi connectivity index (χ2v) is 6.71. The van der Waals surface area contributed by atoms with Crippen molar-refractivity contribution in [1.29, 1.82) is 0 Å². The molecule has 0 aliphatic carbocycles. The quantitative estimate of drug-likeness (QED) is 0.566. The minimum Gasteiger partial charge on any atom is -0.467 e. The number of carbonyl (C=O) groups is 2. The van der Waals surface area contributed by atoms with Gasteiger partial charge in [-0.1, -0.05) is 0 Å². The van der Waals surface area contributed by atoms with Crippen molar-refractivity contribution in [3.05, 3.63) is 47.9 Å². The van der Waals surface area contributed by atoms with Crippen LogP contribution >= 0.6 is 24.8 Å². The fourth-order valence-electron chi connectivity index (χ4n) is 2.95. The van der Waals surface area contributed by atoms with Crippen LogP contribution < -0.4 is 21.7 Å². The van der Waals surface area contributed by atoms with Gasteiger partial charge in [-0.15, -0.1) is 24.8 Å². The summed E-state index contributed by atoms with van der Waals surface area (Å²) in [5.74, 6) is 0.273. The van der Waals surface area contributed by atoms with Crippen LogP contribution in [-0.4, -0.2) is 43.0 Å². The number of piperidine rings is 1. The highest BCUT2D eigenvalue weighted by molar-refractivity contribution is 6.04. The average molecular weight is 444 g/mol. The molecule has 5 N–H and O–H groups in total. The monoisotopic (exact) mass is 443 g/mol. The topological polar surface area (TPSA) is 113 Å². The van der Waals surface area contributed by atoms with E-state index < -0.39 is 0 Å². The Morgan fingerprint density at radius 3 is 2.24 bits per heavy atom. The summed E-state index contributed by atoms with van der Waals surface area (Å²) < 4.78 is 5.16. The molecule has 0 atom stereocenters. The maximum absolute atomic E-state index is 12.2. The van der Waals surface area contributed by atoms with Crippen LogP contribution in [0.1, 0.15) is 29.0 Å². The van der Waals surface area contributed by atoms with Gasteiger partial charge >= 0.3 is 6.03 Å². The Labute approximate surface area is 182 Å². The van der Waals surface area contributed by atoms with Gasteiger partial charge in [-0.05, 0) is 63.3 Å². The summed E-state index contributed by atoms with van der Waals surface area (Å²) in [6.45, 7) is 2.22. The van der Waals surface area contributed by atoms with Crippen LogP contribution in [-0.2, 0) is 6.54 Å². The lowest BCUT2D eigenvalue weighted by Crippen LogP contribution is -2.44. The lowest BCUT2D eigenvalue weighted by Gasteiger charge is -2.29. The predicted molar refractivity (Wildman–Crippen MR) is 118 cm³/mol. The molecule has 0 bridgehead atoms. The number of benzene rings is 1. The van der Waals surface area contributed by atoms with Gasteiger partial charge in [0.25, 0.3) is 5.91 Å². The molecule has 10 heteroatoms. The third-order valence-electron chi connectivity index (χ3n) is 4.57. The molecular formula is C19H27Cl2N5O3. The summed E-state index contributed by atoms with van der Waals surface area (Å²) in [6, 6.07) is 8.54. The molecule has 1 fully saturated rings. The molecule has 3 rings (SSSR count).